The maximum absolute atomic E-state index is 8.53. The Bertz CT molecular complexity index is 907. The summed E-state index contributed by atoms with van der Waals surface area (Å²) in [4.78, 5) is 0. The zero-order valence-electron chi connectivity index (χ0n) is 17.2. The van der Waals surface area contributed by atoms with Crippen molar-refractivity contribution in [2.24, 2.45) is 10.3 Å². The SMILES string of the molecule is O/N=C/c1cc[n+](COCc2cccc(COC[n+]3ccc(/C=N/O)cc3)c2)cc1.[Cl-].[Cl-]. The van der Waals surface area contributed by atoms with Crippen molar-refractivity contribution in [3.8, 4) is 0 Å². The van der Waals surface area contributed by atoms with Crippen molar-refractivity contribution in [2.75, 3.05) is 0 Å². The van der Waals surface area contributed by atoms with Crippen LogP contribution in [0, 0.1) is 0 Å². The van der Waals surface area contributed by atoms with E-state index in [1.54, 1.807) is 0 Å². The number of nitrogens with zero attached hydrogens (tertiary/aromatic N) is 4. The van der Waals surface area contributed by atoms with Gasteiger partial charge in [0.05, 0.1) is 25.6 Å². The van der Waals surface area contributed by atoms with E-state index in [2.05, 4.69) is 16.4 Å². The van der Waals surface area contributed by atoms with Gasteiger partial charge in [-0.2, -0.15) is 9.13 Å². The summed E-state index contributed by atoms with van der Waals surface area (Å²) in [6.07, 6.45) is 10.2. The average Bonchev–Trinajstić information content (AvgIpc) is 2.77. The molecule has 8 nitrogen and oxygen atoms in total. The van der Waals surface area contributed by atoms with Crippen molar-refractivity contribution < 1.29 is 53.8 Å². The summed E-state index contributed by atoms with van der Waals surface area (Å²) in [5.74, 6) is 0. The highest BCUT2D eigenvalue weighted by molar-refractivity contribution is 5.78. The van der Waals surface area contributed by atoms with Gasteiger partial charge in [0, 0.05) is 35.4 Å². The number of benzene rings is 1. The lowest BCUT2D eigenvalue weighted by molar-refractivity contribution is -0.733. The van der Waals surface area contributed by atoms with Crippen molar-refractivity contribution in [1.82, 2.24) is 0 Å². The smallest absolute Gasteiger partial charge is 0.252 e. The zero-order chi connectivity index (χ0) is 21.0. The fraction of sp³-hybridized carbons (Fsp3) is 0.182. The Balaban J connectivity index is 0.00000256. The Morgan fingerprint density at radius 3 is 1.47 bits per heavy atom. The predicted octanol–water partition coefficient (Wildman–Crippen LogP) is -3.77. The normalized spacial score (nSPS) is 10.8. The maximum Gasteiger partial charge on any atom is 0.252 e. The Hall–Kier alpha value is -3.04. The van der Waals surface area contributed by atoms with Gasteiger partial charge in [-0.1, -0.05) is 34.6 Å². The molecule has 0 amide bonds. The van der Waals surface area contributed by atoms with Crippen LogP contribution in [0.1, 0.15) is 22.3 Å². The first-order chi connectivity index (χ1) is 14.8. The van der Waals surface area contributed by atoms with Crippen LogP contribution in [-0.4, -0.2) is 22.8 Å². The van der Waals surface area contributed by atoms with Crippen molar-refractivity contribution in [3.05, 3.63) is 95.6 Å². The summed E-state index contributed by atoms with van der Waals surface area (Å²) in [7, 11) is 0. The van der Waals surface area contributed by atoms with Crippen LogP contribution in [0.5, 0.6) is 0 Å². The molecule has 2 aromatic heterocycles. The van der Waals surface area contributed by atoms with E-state index in [9.17, 15) is 0 Å². The molecule has 3 rings (SSSR count). The van der Waals surface area contributed by atoms with Gasteiger partial charge in [0.2, 0.25) is 0 Å². The molecule has 32 heavy (non-hydrogen) atoms. The van der Waals surface area contributed by atoms with Crippen LogP contribution in [-0.2, 0) is 36.1 Å². The standard InChI is InChI=1S/C22H22N4O4.2ClH/c27-23-13-19-4-8-25(9-5-19)17-29-15-21-2-1-3-22(12-21)16-30-18-26-10-6-20(7-11-26)14-24-28;;/h1-14H,15-18H2;2*1H. The highest BCUT2D eigenvalue weighted by atomic mass is 35.5. The minimum absolute atomic E-state index is 0. The lowest BCUT2D eigenvalue weighted by Gasteiger charge is -2.06. The predicted molar refractivity (Wildman–Crippen MR) is 108 cm³/mol. The molecule has 0 radical (unpaired) electrons. The minimum Gasteiger partial charge on any atom is -1.00 e. The second kappa shape index (κ2) is 14.9. The van der Waals surface area contributed by atoms with E-state index in [1.807, 2.05) is 76.4 Å². The highest BCUT2D eigenvalue weighted by Crippen LogP contribution is 2.08. The molecule has 0 fully saturated rings. The second-order valence-corrected chi connectivity index (χ2v) is 6.56. The molecule has 0 aliphatic rings. The first kappa shape index (κ1) is 27.0. The van der Waals surface area contributed by atoms with Gasteiger partial charge in [-0.25, -0.2) is 0 Å². The van der Waals surface area contributed by atoms with Gasteiger partial charge in [0.1, 0.15) is 0 Å². The van der Waals surface area contributed by atoms with E-state index in [4.69, 9.17) is 19.9 Å². The number of hydrogen-bond donors (Lipinski definition) is 2. The molecule has 0 aliphatic heterocycles. The number of rotatable bonds is 10. The van der Waals surface area contributed by atoms with E-state index in [1.165, 1.54) is 12.4 Å². The second-order valence-electron chi connectivity index (χ2n) is 6.56. The van der Waals surface area contributed by atoms with Gasteiger partial charge in [0.15, 0.2) is 24.8 Å². The number of oxime groups is 2. The molecule has 3 aromatic rings. The van der Waals surface area contributed by atoms with Gasteiger partial charge in [0.25, 0.3) is 13.5 Å². The van der Waals surface area contributed by atoms with E-state index in [0.717, 1.165) is 22.3 Å². The fourth-order valence-electron chi connectivity index (χ4n) is 2.76. The third kappa shape index (κ3) is 8.99. The minimum atomic E-state index is 0. The van der Waals surface area contributed by atoms with Crippen LogP contribution in [0.15, 0.2) is 83.6 Å². The van der Waals surface area contributed by atoms with Gasteiger partial charge in [-0.05, 0) is 11.1 Å². The third-order valence-electron chi connectivity index (χ3n) is 4.26. The van der Waals surface area contributed by atoms with Crippen molar-refractivity contribution in [1.29, 1.82) is 0 Å². The quantitative estimate of drug-likeness (QED) is 0.135. The molecule has 0 aliphatic carbocycles. The van der Waals surface area contributed by atoms with Crippen molar-refractivity contribution in [2.45, 2.75) is 26.7 Å². The Labute approximate surface area is 198 Å². The largest absolute Gasteiger partial charge is 1.00 e. The van der Waals surface area contributed by atoms with Crippen LogP contribution in [0.4, 0.5) is 0 Å². The molecule has 0 spiro atoms. The molecule has 0 saturated heterocycles. The van der Waals surface area contributed by atoms with Crippen molar-refractivity contribution >= 4 is 12.4 Å². The molecular formula is C22H24Cl2N4O4. The number of aromatic nitrogens is 2. The molecular weight excluding hydrogens is 455 g/mol. The number of halogens is 2. The van der Waals surface area contributed by atoms with Crippen LogP contribution >= 0.6 is 0 Å². The first-order valence-electron chi connectivity index (χ1n) is 9.33. The van der Waals surface area contributed by atoms with Crippen LogP contribution < -0.4 is 33.9 Å². The zero-order valence-corrected chi connectivity index (χ0v) is 18.7. The molecule has 0 unspecified atom stereocenters. The highest BCUT2D eigenvalue weighted by Gasteiger charge is 2.04. The summed E-state index contributed by atoms with van der Waals surface area (Å²) < 4.78 is 15.3. The van der Waals surface area contributed by atoms with E-state index < -0.39 is 0 Å². The number of pyridine rings is 2. The van der Waals surface area contributed by atoms with Gasteiger partial charge < -0.3 is 44.7 Å². The summed E-state index contributed by atoms with van der Waals surface area (Å²) >= 11 is 0. The summed E-state index contributed by atoms with van der Waals surface area (Å²) in [6.45, 7) is 1.82. The van der Waals surface area contributed by atoms with Gasteiger partial charge >= 0.3 is 0 Å². The molecule has 0 atom stereocenters. The Kier molecular flexibility index (Phi) is 12.5. The monoisotopic (exact) mass is 478 g/mol. The van der Waals surface area contributed by atoms with Crippen LogP contribution in [0.2, 0.25) is 0 Å². The van der Waals surface area contributed by atoms with E-state index in [-0.39, 0.29) is 24.8 Å². The molecule has 10 heteroatoms. The van der Waals surface area contributed by atoms with Crippen LogP contribution in [0.3, 0.4) is 0 Å². The van der Waals surface area contributed by atoms with Crippen molar-refractivity contribution in [3.63, 3.8) is 0 Å². The molecule has 0 bridgehead atoms. The van der Waals surface area contributed by atoms with Crippen LogP contribution in [0.25, 0.3) is 0 Å². The molecule has 0 saturated carbocycles. The molecule has 170 valence electrons. The Morgan fingerprint density at radius 2 is 1.09 bits per heavy atom. The third-order valence-corrected chi connectivity index (χ3v) is 4.26. The molecule has 2 heterocycles. The topological polar surface area (TPSA) is 91.4 Å². The lowest BCUT2D eigenvalue weighted by Crippen LogP contribution is -3.00. The van der Waals surface area contributed by atoms with Gasteiger partial charge in [-0.3, -0.25) is 0 Å². The summed E-state index contributed by atoms with van der Waals surface area (Å²) in [5, 5.41) is 23.1. The maximum atomic E-state index is 8.53. The van der Waals surface area contributed by atoms with E-state index in [0.29, 0.717) is 26.7 Å². The summed E-state index contributed by atoms with van der Waals surface area (Å²) in [5.41, 5.74) is 3.77. The molecule has 1 aromatic carbocycles. The van der Waals surface area contributed by atoms with E-state index >= 15 is 0 Å². The number of hydrogen-bond acceptors (Lipinski definition) is 6. The lowest BCUT2D eigenvalue weighted by atomic mass is 10.1. The first-order valence-corrected chi connectivity index (χ1v) is 9.33. The summed E-state index contributed by atoms with van der Waals surface area (Å²) in [6, 6.07) is 15.5. The Morgan fingerprint density at radius 1 is 0.688 bits per heavy atom. The number of ether oxygens (including phenoxy) is 2. The fourth-order valence-corrected chi connectivity index (χ4v) is 2.76. The molecule has 2 N–H and O–H groups in total. The average molecular weight is 479 g/mol. The van der Waals surface area contributed by atoms with Gasteiger partial charge in [-0.15, -0.1) is 0 Å².